The lowest BCUT2D eigenvalue weighted by Gasteiger charge is -2.27. The van der Waals surface area contributed by atoms with Crippen LogP contribution in [0.25, 0.3) is 0 Å². The van der Waals surface area contributed by atoms with Crippen molar-refractivity contribution in [1.29, 1.82) is 0 Å². The van der Waals surface area contributed by atoms with E-state index >= 15 is 0 Å². The van der Waals surface area contributed by atoms with Gasteiger partial charge in [-0.15, -0.1) is 0 Å². The number of ether oxygens (including phenoxy) is 1. The Hall–Kier alpha value is -0.970. The monoisotopic (exact) mass is 302 g/mol. The van der Waals surface area contributed by atoms with Gasteiger partial charge in [-0.25, -0.2) is 0 Å². The molecule has 19 heavy (non-hydrogen) atoms. The highest BCUT2D eigenvalue weighted by atomic mass is 35.5. The number of rotatable bonds is 5. The van der Waals surface area contributed by atoms with Crippen LogP contribution in [0.15, 0.2) is 18.2 Å². The van der Waals surface area contributed by atoms with Gasteiger partial charge in [0.2, 0.25) is 0 Å². The van der Waals surface area contributed by atoms with Crippen LogP contribution in [-0.2, 0) is 4.79 Å². The van der Waals surface area contributed by atoms with Crippen molar-refractivity contribution in [3.8, 4) is 5.75 Å². The van der Waals surface area contributed by atoms with Crippen LogP contribution in [0.1, 0.15) is 6.92 Å². The van der Waals surface area contributed by atoms with Crippen LogP contribution >= 0.6 is 23.2 Å². The number of hydrogen-bond donors (Lipinski definition) is 2. The first-order chi connectivity index (χ1) is 9.06. The maximum atomic E-state index is 11.8. The van der Waals surface area contributed by atoms with E-state index in [9.17, 15) is 4.79 Å². The lowest BCUT2D eigenvalue weighted by Crippen LogP contribution is -2.49. The number of amides is 1. The molecule has 2 rings (SSSR count). The molecule has 6 heteroatoms. The van der Waals surface area contributed by atoms with Gasteiger partial charge in [0, 0.05) is 30.6 Å². The van der Waals surface area contributed by atoms with Gasteiger partial charge in [-0.1, -0.05) is 23.2 Å². The summed E-state index contributed by atoms with van der Waals surface area (Å²) >= 11 is 11.8. The number of carbonyl (C=O) groups is 1. The molecule has 2 N–H and O–H groups in total. The highest BCUT2D eigenvalue weighted by Crippen LogP contribution is 2.28. The Kier molecular flexibility index (Phi) is 4.91. The number of hydrogen-bond acceptors (Lipinski definition) is 3. The molecule has 0 aromatic heterocycles. The van der Waals surface area contributed by atoms with Crippen LogP contribution in [0.4, 0.5) is 0 Å². The zero-order valence-electron chi connectivity index (χ0n) is 10.6. The Balaban J connectivity index is 1.84. The molecule has 1 heterocycles. The van der Waals surface area contributed by atoms with E-state index in [4.69, 9.17) is 27.9 Å². The summed E-state index contributed by atoms with van der Waals surface area (Å²) < 4.78 is 5.53. The minimum Gasteiger partial charge on any atom is -0.479 e. The quantitative estimate of drug-likeness (QED) is 0.876. The first kappa shape index (κ1) is 14.4. The van der Waals surface area contributed by atoms with Gasteiger partial charge >= 0.3 is 0 Å². The van der Waals surface area contributed by atoms with Crippen LogP contribution in [0.3, 0.4) is 0 Å². The number of benzene rings is 1. The van der Waals surface area contributed by atoms with E-state index in [1.54, 1.807) is 25.1 Å². The first-order valence-corrected chi connectivity index (χ1v) is 6.92. The van der Waals surface area contributed by atoms with Gasteiger partial charge in [0.1, 0.15) is 5.75 Å². The van der Waals surface area contributed by atoms with Gasteiger partial charge in [0.05, 0.1) is 5.02 Å². The van der Waals surface area contributed by atoms with Gasteiger partial charge in [0.15, 0.2) is 6.10 Å². The van der Waals surface area contributed by atoms with Crippen LogP contribution in [0, 0.1) is 5.92 Å². The molecule has 1 atom stereocenters. The summed E-state index contributed by atoms with van der Waals surface area (Å²) in [6, 6.07) is 4.92. The second-order valence-corrected chi connectivity index (χ2v) is 5.45. The van der Waals surface area contributed by atoms with E-state index < -0.39 is 6.10 Å². The van der Waals surface area contributed by atoms with Crippen LogP contribution in [0.5, 0.6) is 5.75 Å². The summed E-state index contributed by atoms with van der Waals surface area (Å²) in [7, 11) is 0. The largest absolute Gasteiger partial charge is 0.479 e. The summed E-state index contributed by atoms with van der Waals surface area (Å²) in [5.74, 6) is 0.840. The Morgan fingerprint density at radius 1 is 1.53 bits per heavy atom. The summed E-state index contributed by atoms with van der Waals surface area (Å²) in [5, 5.41) is 6.95. The van der Waals surface area contributed by atoms with Gasteiger partial charge in [0.25, 0.3) is 5.91 Å². The van der Waals surface area contributed by atoms with Crippen molar-refractivity contribution in [3.63, 3.8) is 0 Å². The predicted octanol–water partition coefficient (Wildman–Crippen LogP) is 2.10. The molecule has 104 valence electrons. The lowest BCUT2D eigenvalue weighted by molar-refractivity contribution is -0.127. The van der Waals surface area contributed by atoms with E-state index in [1.807, 2.05) is 0 Å². The van der Waals surface area contributed by atoms with Gasteiger partial charge < -0.3 is 15.4 Å². The Morgan fingerprint density at radius 3 is 2.84 bits per heavy atom. The SMILES string of the molecule is CC(Oc1ccc(Cl)cc1Cl)C(=O)NCC1CNC1. The molecule has 1 unspecified atom stereocenters. The topological polar surface area (TPSA) is 50.4 Å². The molecule has 1 saturated heterocycles. The van der Waals surface area contributed by atoms with Crippen molar-refractivity contribution >= 4 is 29.1 Å². The van der Waals surface area contributed by atoms with Crippen molar-refractivity contribution in [2.24, 2.45) is 5.92 Å². The summed E-state index contributed by atoms with van der Waals surface area (Å²) in [5.41, 5.74) is 0. The highest BCUT2D eigenvalue weighted by Gasteiger charge is 2.20. The molecule has 1 aromatic rings. The second-order valence-electron chi connectivity index (χ2n) is 4.60. The van der Waals surface area contributed by atoms with Gasteiger partial charge in [-0.05, 0) is 25.1 Å². The van der Waals surface area contributed by atoms with Crippen molar-refractivity contribution in [2.45, 2.75) is 13.0 Å². The fourth-order valence-corrected chi connectivity index (χ4v) is 2.15. The van der Waals surface area contributed by atoms with Crippen molar-refractivity contribution in [2.75, 3.05) is 19.6 Å². The smallest absolute Gasteiger partial charge is 0.260 e. The van der Waals surface area contributed by atoms with E-state index in [1.165, 1.54) is 0 Å². The minimum absolute atomic E-state index is 0.141. The zero-order chi connectivity index (χ0) is 13.8. The van der Waals surface area contributed by atoms with E-state index in [2.05, 4.69) is 10.6 Å². The third-order valence-electron chi connectivity index (χ3n) is 3.00. The molecule has 1 amide bonds. The molecule has 4 nitrogen and oxygen atoms in total. The number of halogens is 2. The molecule has 1 aromatic carbocycles. The van der Waals surface area contributed by atoms with Crippen LogP contribution in [-0.4, -0.2) is 31.6 Å². The Bertz CT molecular complexity index is 464. The normalized spacial score (nSPS) is 16.6. The molecule has 1 fully saturated rings. The van der Waals surface area contributed by atoms with Gasteiger partial charge in [-0.3, -0.25) is 4.79 Å². The first-order valence-electron chi connectivity index (χ1n) is 6.16. The third kappa shape index (κ3) is 4.00. The van der Waals surface area contributed by atoms with Gasteiger partial charge in [-0.2, -0.15) is 0 Å². The predicted molar refractivity (Wildman–Crippen MR) is 75.9 cm³/mol. The fourth-order valence-electron chi connectivity index (χ4n) is 1.70. The van der Waals surface area contributed by atoms with Crippen LogP contribution in [0.2, 0.25) is 10.0 Å². The third-order valence-corrected chi connectivity index (χ3v) is 3.53. The average Bonchev–Trinajstić information content (AvgIpc) is 2.30. The van der Waals surface area contributed by atoms with E-state index in [0.29, 0.717) is 28.3 Å². The van der Waals surface area contributed by atoms with Crippen LogP contribution < -0.4 is 15.4 Å². The molecule has 0 bridgehead atoms. The molecule has 1 aliphatic heterocycles. The summed E-state index contributed by atoms with van der Waals surface area (Å²) in [6.07, 6.45) is -0.591. The minimum atomic E-state index is -0.591. The fraction of sp³-hybridized carbons (Fsp3) is 0.462. The maximum absolute atomic E-state index is 11.8. The second kappa shape index (κ2) is 6.46. The molecule has 0 saturated carbocycles. The number of carbonyl (C=O) groups excluding carboxylic acids is 1. The Labute approximate surface area is 122 Å². The van der Waals surface area contributed by atoms with Crippen molar-refractivity contribution in [1.82, 2.24) is 10.6 Å². The molecular formula is C13H16Cl2N2O2. The van der Waals surface area contributed by atoms with E-state index in [0.717, 1.165) is 13.1 Å². The standard InChI is InChI=1S/C13H16Cl2N2O2/c1-8(13(18)17-7-9-5-16-6-9)19-12-3-2-10(14)4-11(12)15/h2-4,8-9,16H,5-7H2,1H3,(H,17,18). The molecule has 0 aliphatic carbocycles. The molecular weight excluding hydrogens is 287 g/mol. The highest BCUT2D eigenvalue weighted by molar-refractivity contribution is 6.35. The average molecular weight is 303 g/mol. The molecule has 0 radical (unpaired) electrons. The molecule has 0 spiro atoms. The van der Waals surface area contributed by atoms with Crippen molar-refractivity contribution in [3.05, 3.63) is 28.2 Å². The van der Waals surface area contributed by atoms with E-state index in [-0.39, 0.29) is 5.91 Å². The zero-order valence-corrected chi connectivity index (χ0v) is 12.1. The summed E-state index contributed by atoms with van der Waals surface area (Å²) in [4.78, 5) is 11.8. The summed E-state index contributed by atoms with van der Waals surface area (Å²) in [6.45, 7) is 4.28. The van der Waals surface area contributed by atoms with Crippen molar-refractivity contribution < 1.29 is 9.53 Å². The molecule has 1 aliphatic rings. The maximum Gasteiger partial charge on any atom is 0.260 e. The Morgan fingerprint density at radius 2 is 2.26 bits per heavy atom. The lowest BCUT2D eigenvalue weighted by atomic mass is 10.0. The number of nitrogens with one attached hydrogen (secondary N) is 2.